The highest BCUT2D eigenvalue weighted by atomic mass is 16.5. The molecule has 2 unspecified atom stereocenters. The first-order valence-electron chi connectivity index (χ1n) is 6.72. The number of hydrogen-bond acceptors (Lipinski definition) is 4. The van der Waals surface area contributed by atoms with Crippen LogP contribution in [0.4, 0.5) is 0 Å². The number of hydrogen-bond donors (Lipinski definition) is 1. The number of furan rings is 1. The Morgan fingerprint density at radius 1 is 1.50 bits per heavy atom. The summed E-state index contributed by atoms with van der Waals surface area (Å²) < 4.78 is 11.1. The fourth-order valence-electron chi connectivity index (χ4n) is 2.33. The minimum absolute atomic E-state index is 0.481. The van der Waals surface area contributed by atoms with Crippen molar-refractivity contribution in [3.8, 4) is 0 Å². The average Bonchev–Trinajstić information content (AvgIpc) is 2.76. The van der Waals surface area contributed by atoms with Gasteiger partial charge in [-0.1, -0.05) is 0 Å². The molecule has 4 heteroatoms. The maximum absolute atomic E-state index is 5.61. The Morgan fingerprint density at radius 2 is 2.33 bits per heavy atom. The van der Waals surface area contributed by atoms with Crippen LogP contribution < -0.4 is 5.32 Å². The molecular weight excluding hydrogens is 228 g/mol. The molecule has 0 aromatic carbocycles. The molecule has 0 aliphatic carbocycles. The molecule has 0 saturated carbocycles. The summed E-state index contributed by atoms with van der Waals surface area (Å²) in [5, 5.41) is 3.50. The van der Waals surface area contributed by atoms with Gasteiger partial charge in [-0.2, -0.15) is 0 Å². The quantitative estimate of drug-likeness (QED) is 0.867. The van der Waals surface area contributed by atoms with Crippen LogP contribution in [-0.2, 0) is 11.3 Å². The standard InChI is InChI=1S/C14H24N2O2/c1-11(8-13-10-17-7-6-15-13)16(3)9-14-5-4-12(2)18-14/h4-5,11,13,15H,6-10H2,1-3H3. The number of nitrogens with zero attached hydrogens (tertiary/aromatic N) is 1. The smallest absolute Gasteiger partial charge is 0.118 e. The van der Waals surface area contributed by atoms with Crippen LogP contribution in [0.25, 0.3) is 0 Å². The van der Waals surface area contributed by atoms with E-state index in [4.69, 9.17) is 9.15 Å². The van der Waals surface area contributed by atoms with Gasteiger partial charge in [0.15, 0.2) is 0 Å². The zero-order valence-corrected chi connectivity index (χ0v) is 11.6. The molecule has 1 fully saturated rings. The Hall–Kier alpha value is -0.840. The van der Waals surface area contributed by atoms with Crippen molar-refractivity contribution < 1.29 is 9.15 Å². The lowest BCUT2D eigenvalue weighted by Crippen LogP contribution is -2.45. The molecule has 102 valence electrons. The zero-order valence-electron chi connectivity index (χ0n) is 11.6. The van der Waals surface area contributed by atoms with Gasteiger partial charge < -0.3 is 14.5 Å². The van der Waals surface area contributed by atoms with Gasteiger partial charge in [-0.05, 0) is 39.4 Å². The van der Waals surface area contributed by atoms with Gasteiger partial charge in [0.05, 0.1) is 19.8 Å². The molecule has 0 amide bonds. The SMILES string of the molecule is Cc1ccc(CN(C)C(C)CC2COCCN2)o1. The average molecular weight is 252 g/mol. The molecule has 1 saturated heterocycles. The third-order valence-corrected chi connectivity index (χ3v) is 3.58. The van der Waals surface area contributed by atoms with Crippen molar-refractivity contribution in [2.45, 2.75) is 38.9 Å². The second-order valence-electron chi connectivity index (χ2n) is 5.24. The van der Waals surface area contributed by atoms with E-state index in [1.54, 1.807) is 0 Å². The number of aryl methyl sites for hydroxylation is 1. The predicted octanol–water partition coefficient (Wildman–Crippen LogP) is 1.79. The van der Waals surface area contributed by atoms with Crippen LogP contribution in [0, 0.1) is 6.92 Å². The van der Waals surface area contributed by atoms with Crippen molar-refractivity contribution in [3.63, 3.8) is 0 Å². The van der Waals surface area contributed by atoms with Crippen LogP contribution in [0.2, 0.25) is 0 Å². The summed E-state index contributed by atoms with van der Waals surface area (Å²) in [5.41, 5.74) is 0. The summed E-state index contributed by atoms with van der Waals surface area (Å²) in [5.74, 6) is 2.02. The number of ether oxygens (including phenoxy) is 1. The van der Waals surface area contributed by atoms with Gasteiger partial charge in [-0.25, -0.2) is 0 Å². The maximum Gasteiger partial charge on any atom is 0.118 e. The highest BCUT2D eigenvalue weighted by molar-refractivity contribution is 5.05. The molecule has 1 aliphatic heterocycles. The largest absolute Gasteiger partial charge is 0.465 e. The van der Waals surface area contributed by atoms with Gasteiger partial charge in [0.1, 0.15) is 11.5 Å². The maximum atomic E-state index is 5.61. The molecule has 1 aromatic rings. The number of nitrogens with one attached hydrogen (secondary N) is 1. The fourth-order valence-corrected chi connectivity index (χ4v) is 2.33. The van der Waals surface area contributed by atoms with E-state index in [2.05, 4.69) is 30.3 Å². The molecular formula is C14H24N2O2. The lowest BCUT2D eigenvalue weighted by atomic mass is 10.1. The highest BCUT2D eigenvalue weighted by Crippen LogP contribution is 2.13. The Bertz CT molecular complexity index is 358. The Kier molecular flexibility index (Phi) is 4.80. The zero-order chi connectivity index (χ0) is 13.0. The third-order valence-electron chi connectivity index (χ3n) is 3.58. The van der Waals surface area contributed by atoms with Gasteiger partial charge in [-0.15, -0.1) is 0 Å². The highest BCUT2D eigenvalue weighted by Gasteiger charge is 2.19. The van der Waals surface area contributed by atoms with Crippen LogP contribution in [0.5, 0.6) is 0 Å². The fraction of sp³-hybridized carbons (Fsp3) is 0.714. The number of morpholine rings is 1. The minimum Gasteiger partial charge on any atom is -0.465 e. The Labute approximate surface area is 109 Å². The van der Waals surface area contributed by atoms with Crippen LogP contribution in [-0.4, -0.2) is 43.8 Å². The third kappa shape index (κ3) is 3.83. The molecule has 4 nitrogen and oxygen atoms in total. The van der Waals surface area contributed by atoms with E-state index >= 15 is 0 Å². The van der Waals surface area contributed by atoms with Crippen molar-refractivity contribution >= 4 is 0 Å². The van der Waals surface area contributed by atoms with Crippen molar-refractivity contribution in [1.29, 1.82) is 0 Å². The summed E-state index contributed by atoms with van der Waals surface area (Å²) in [4.78, 5) is 2.33. The molecule has 2 heterocycles. The first kappa shape index (κ1) is 13.6. The van der Waals surface area contributed by atoms with E-state index in [-0.39, 0.29) is 0 Å². The lowest BCUT2D eigenvalue weighted by Gasteiger charge is -2.30. The predicted molar refractivity (Wildman–Crippen MR) is 71.6 cm³/mol. The first-order chi connectivity index (χ1) is 8.65. The monoisotopic (exact) mass is 252 g/mol. The molecule has 2 rings (SSSR count). The van der Waals surface area contributed by atoms with Crippen molar-refractivity contribution in [3.05, 3.63) is 23.7 Å². The van der Waals surface area contributed by atoms with E-state index < -0.39 is 0 Å². The van der Waals surface area contributed by atoms with Crippen molar-refractivity contribution in [1.82, 2.24) is 10.2 Å². The minimum atomic E-state index is 0.481. The van der Waals surface area contributed by atoms with E-state index in [1.165, 1.54) is 0 Å². The molecule has 2 atom stereocenters. The van der Waals surface area contributed by atoms with Crippen LogP contribution >= 0.6 is 0 Å². The summed E-state index contributed by atoms with van der Waals surface area (Å²) in [6.45, 7) is 7.74. The summed E-state index contributed by atoms with van der Waals surface area (Å²) in [6.07, 6.45) is 1.11. The van der Waals surface area contributed by atoms with Crippen LogP contribution in [0.3, 0.4) is 0 Å². The second-order valence-corrected chi connectivity index (χ2v) is 5.24. The van der Waals surface area contributed by atoms with Gasteiger partial charge >= 0.3 is 0 Å². The van der Waals surface area contributed by atoms with Crippen LogP contribution in [0.1, 0.15) is 24.9 Å². The summed E-state index contributed by atoms with van der Waals surface area (Å²) in [7, 11) is 2.15. The van der Waals surface area contributed by atoms with Gasteiger partial charge in [0.2, 0.25) is 0 Å². The van der Waals surface area contributed by atoms with E-state index in [0.717, 1.165) is 44.2 Å². The molecule has 0 radical (unpaired) electrons. The van der Waals surface area contributed by atoms with E-state index in [9.17, 15) is 0 Å². The van der Waals surface area contributed by atoms with Crippen molar-refractivity contribution in [2.24, 2.45) is 0 Å². The first-order valence-corrected chi connectivity index (χ1v) is 6.72. The van der Waals surface area contributed by atoms with Crippen LogP contribution in [0.15, 0.2) is 16.5 Å². The van der Waals surface area contributed by atoms with Gasteiger partial charge in [0, 0.05) is 18.6 Å². The second kappa shape index (κ2) is 6.36. The molecule has 1 N–H and O–H groups in total. The molecule has 0 spiro atoms. The summed E-state index contributed by atoms with van der Waals surface area (Å²) >= 11 is 0. The number of rotatable bonds is 5. The molecule has 1 aliphatic rings. The summed E-state index contributed by atoms with van der Waals surface area (Å²) in [6, 6.07) is 5.06. The lowest BCUT2D eigenvalue weighted by molar-refractivity contribution is 0.0632. The molecule has 18 heavy (non-hydrogen) atoms. The topological polar surface area (TPSA) is 37.6 Å². The van der Waals surface area contributed by atoms with Gasteiger partial charge in [0.25, 0.3) is 0 Å². The molecule has 0 bridgehead atoms. The Morgan fingerprint density at radius 3 is 2.94 bits per heavy atom. The molecule has 1 aromatic heterocycles. The van der Waals surface area contributed by atoms with Crippen molar-refractivity contribution in [2.75, 3.05) is 26.8 Å². The van der Waals surface area contributed by atoms with E-state index in [1.807, 2.05) is 13.0 Å². The van der Waals surface area contributed by atoms with E-state index in [0.29, 0.717) is 12.1 Å². The Balaban J connectivity index is 1.78. The van der Waals surface area contributed by atoms with Gasteiger partial charge in [-0.3, -0.25) is 4.90 Å². The normalized spacial score (nSPS) is 22.3.